The monoisotopic (exact) mass is 975 g/mol. The van der Waals surface area contributed by atoms with Crippen molar-refractivity contribution in [1.82, 2.24) is 0 Å². The second kappa shape index (κ2) is 23.5. The molecule has 2 atom stereocenters. The second-order valence-electron chi connectivity index (χ2n) is 26.0. The zero-order valence-corrected chi connectivity index (χ0v) is 48.3. The Morgan fingerprint density at radius 3 is 0.585 bits per heavy atom. The van der Waals surface area contributed by atoms with Crippen molar-refractivity contribution < 1.29 is 17.1 Å². The van der Waals surface area contributed by atoms with Gasteiger partial charge in [0.15, 0.2) is 0 Å². The first-order valence-corrected chi connectivity index (χ1v) is 33.0. The first kappa shape index (κ1) is 55.7. The Bertz CT molecular complexity index is 1090. The molecule has 378 valence electrons. The van der Waals surface area contributed by atoms with Crippen LogP contribution in [0, 0.1) is 97.7 Å². The topological polar surface area (TPSA) is 0 Å². The van der Waals surface area contributed by atoms with Crippen LogP contribution >= 0.6 is 15.8 Å². The summed E-state index contributed by atoms with van der Waals surface area (Å²) in [5.41, 5.74) is 0. The summed E-state index contributed by atoms with van der Waals surface area (Å²) in [6.45, 7) is 16.0. The summed E-state index contributed by atoms with van der Waals surface area (Å²) >= 11 is 0. The first-order chi connectivity index (χ1) is 30.4. The maximum atomic E-state index is 2.00. The van der Waals surface area contributed by atoms with Gasteiger partial charge in [0, 0.05) is 0 Å². The van der Waals surface area contributed by atoms with E-state index in [4.69, 9.17) is 0 Å². The van der Waals surface area contributed by atoms with Crippen molar-refractivity contribution in [3.63, 3.8) is 0 Å². The SMILES string of the molecule is C1CC(CP(C23CC4CC(CC(C4)C2)C3)C23CC4CC(CC(C4)C2)C3)C(CP(C23CC4CC(CC(C4)C2)C3)C23CC4CC(CC(C4)C2)C3)C1.C1CCCC1.CC.CC.CC.CC.[CH3-].[CH3-].[Fe+2]. The van der Waals surface area contributed by atoms with Gasteiger partial charge in [-0.15, -0.1) is 0 Å². The molecule has 2 unspecified atom stereocenters. The predicted octanol–water partition coefficient (Wildman–Crippen LogP) is 20.2. The Morgan fingerprint density at radius 2 is 0.431 bits per heavy atom. The standard InChI is InChI=1S/C47H72P2.C5H10.4C2H6.2CH3.Fe/c1-2-42(28-48(44-16-30-4-31(17-44)6-32(5-30)18-44)45-19-33-7-34(20-45)9-35(8-33)21-45)43(3-1)29-49(46-22-36-10-37(23-46)12-38(11-36)24-46)47-25-39-13-40(26-47)15-41(14-39)27-47;1-2-4-5-3-1;4*1-2;;;/h30-43H,1-29H2;1-5H2;4*1-2H3;2*1H3;/q;;;;;;2*-1;+2. The van der Waals surface area contributed by atoms with E-state index in [1.165, 1.54) is 32.1 Å². The van der Waals surface area contributed by atoms with Crippen molar-refractivity contribution in [3.05, 3.63) is 14.9 Å². The van der Waals surface area contributed by atoms with Crippen LogP contribution in [0.15, 0.2) is 0 Å². The van der Waals surface area contributed by atoms with Crippen LogP contribution in [-0.4, -0.2) is 32.9 Å². The van der Waals surface area contributed by atoms with Crippen LogP contribution in [-0.2, 0) is 17.1 Å². The van der Waals surface area contributed by atoms with E-state index in [9.17, 15) is 0 Å². The summed E-state index contributed by atoms with van der Waals surface area (Å²) in [5.74, 6) is 16.2. The van der Waals surface area contributed by atoms with Crippen LogP contribution < -0.4 is 0 Å². The largest absolute Gasteiger partial charge is 2.00 e. The van der Waals surface area contributed by atoms with Gasteiger partial charge in [0.2, 0.25) is 0 Å². The van der Waals surface area contributed by atoms with E-state index in [0.717, 1.165) is 103 Å². The van der Waals surface area contributed by atoms with Crippen LogP contribution in [0.5, 0.6) is 0 Å². The molecular formula is C62H112FeP2. The average Bonchev–Trinajstić information content (AvgIpc) is 3.99. The van der Waals surface area contributed by atoms with E-state index >= 15 is 0 Å². The number of rotatable bonds is 8. The van der Waals surface area contributed by atoms with Crippen molar-refractivity contribution in [1.29, 1.82) is 0 Å². The molecule has 0 aromatic carbocycles. The molecule has 0 aromatic rings. The Labute approximate surface area is 422 Å². The van der Waals surface area contributed by atoms with Crippen LogP contribution in [0.25, 0.3) is 0 Å². The summed E-state index contributed by atoms with van der Waals surface area (Å²) in [7, 11) is 0.363. The average molecular weight is 975 g/mol. The van der Waals surface area contributed by atoms with Crippen molar-refractivity contribution in [3.8, 4) is 0 Å². The summed E-state index contributed by atoms with van der Waals surface area (Å²) in [5, 5.41) is 3.42. The molecule has 0 heterocycles. The zero-order valence-electron chi connectivity index (χ0n) is 45.4. The van der Waals surface area contributed by atoms with Crippen molar-refractivity contribution in [2.24, 2.45) is 82.9 Å². The Balaban J connectivity index is 0.000000396. The van der Waals surface area contributed by atoms with Gasteiger partial charge in [-0.25, -0.2) is 0 Å². The van der Waals surface area contributed by atoms with E-state index in [0.29, 0.717) is 0 Å². The molecule has 18 aliphatic carbocycles. The van der Waals surface area contributed by atoms with Gasteiger partial charge in [0.05, 0.1) is 0 Å². The van der Waals surface area contributed by atoms with E-state index in [1.807, 2.05) is 67.7 Å². The van der Waals surface area contributed by atoms with Crippen LogP contribution in [0.1, 0.15) is 261 Å². The van der Waals surface area contributed by atoms with Gasteiger partial charge in [-0.2, -0.15) is 0 Å². The quantitative estimate of drug-likeness (QED) is 0.129. The van der Waals surface area contributed by atoms with Gasteiger partial charge >= 0.3 is 17.1 Å². The molecule has 0 N–H and O–H groups in total. The molecule has 3 heteroatoms. The zero-order chi connectivity index (χ0) is 43.3. The molecular weight excluding hydrogens is 862 g/mol. The summed E-state index contributed by atoms with van der Waals surface area (Å²) in [6, 6.07) is 0. The molecule has 18 aliphatic rings. The third-order valence-corrected chi connectivity index (χ3v) is 30.7. The molecule has 65 heavy (non-hydrogen) atoms. The molecule has 18 rings (SSSR count). The predicted molar refractivity (Wildman–Crippen MR) is 289 cm³/mol. The summed E-state index contributed by atoms with van der Waals surface area (Å²) < 4.78 is 0. The molecule has 0 nitrogen and oxygen atoms in total. The van der Waals surface area contributed by atoms with Gasteiger partial charge in [-0.05, 0) is 283 Å². The summed E-state index contributed by atoms with van der Waals surface area (Å²) in [6.07, 6.45) is 56.8. The summed E-state index contributed by atoms with van der Waals surface area (Å²) in [4.78, 5) is 0. The van der Waals surface area contributed by atoms with Gasteiger partial charge in [0.1, 0.15) is 0 Å². The van der Waals surface area contributed by atoms with Gasteiger partial charge in [-0.1, -0.05) is 110 Å². The Morgan fingerprint density at radius 1 is 0.277 bits per heavy atom. The maximum Gasteiger partial charge on any atom is 2.00 e. The Kier molecular flexibility index (Phi) is 20.1. The smallest absolute Gasteiger partial charge is 0.358 e. The second-order valence-corrected chi connectivity index (χ2v) is 32.2. The maximum absolute atomic E-state index is 2.00. The van der Waals surface area contributed by atoms with Gasteiger partial charge in [0.25, 0.3) is 0 Å². The third-order valence-electron chi connectivity index (χ3n) is 22.2. The minimum atomic E-state index is 0. The molecule has 18 saturated carbocycles. The van der Waals surface area contributed by atoms with Gasteiger partial charge in [-0.3, -0.25) is 0 Å². The van der Waals surface area contributed by atoms with E-state index in [2.05, 4.69) is 0 Å². The van der Waals surface area contributed by atoms with Crippen molar-refractivity contribution in [2.45, 2.75) is 281 Å². The molecule has 0 radical (unpaired) electrons. The minimum absolute atomic E-state index is 0. The first-order valence-electron chi connectivity index (χ1n) is 29.9. The van der Waals surface area contributed by atoms with Crippen LogP contribution in [0.4, 0.5) is 0 Å². The fraction of sp³-hybridized carbons (Fsp3) is 0.968. The van der Waals surface area contributed by atoms with Crippen molar-refractivity contribution >= 4 is 15.8 Å². The fourth-order valence-corrected chi connectivity index (χ4v) is 33.5. The molecule has 0 spiro atoms. The molecule has 0 amide bonds. The molecule has 16 bridgehead atoms. The molecule has 0 aromatic heterocycles. The van der Waals surface area contributed by atoms with Crippen LogP contribution in [0.3, 0.4) is 0 Å². The number of hydrogen-bond acceptors (Lipinski definition) is 0. The van der Waals surface area contributed by atoms with E-state index < -0.39 is 0 Å². The van der Waals surface area contributed by atoms with Gasteiger partial charge < -0.3 is 14.9 Å². The third kappa shape index (κ3) is 10.7. The molecule has 18 fully saturated rings. The number of hydrogen-bond donors (Lipinski definition) is 0. The van der Waals surface area contributed by atoms with Crippen LogP contribution in [0.2, 0.25) is 0 Å². The van der Waals surface area contributed by atoms with Crippen molar-refractivity contribution in [2.75, 3.05) is 12.3 Å². The molecule has 0 aliphatic heterocycles. The fourth-order valence-electron chi connectivity index (χ4n) is 22.3. The van der Waals surface area contributed by atoms with E-state index in [1.54, 1.807) is 173 Å². The molecule has 0 saturated heterocycles. The minimum Gasteiger partial charge on any atom is -0.358 e. The normalized spacial score (nSPS) is 49.3. The van der Waals surface area contributed by atoms with E-state index in [-0.39, 0.29) is 47.8 Å². The Hall–Kier alpha value is 1.38.